The van der Waals surface area contributed by atoms with Crippen LogP contribution >= 0.6 is 0 Å². The topological polar surface area (TPSA) is 0 Å². The molecule has 0 fully saturated rings. The first-order valence-electron chi connectivity index (χ1n) is 5.37. The van der Waals surface area contributed by atoms with E-state index in [9.17, 15) is 0 Å². The van der Waals surface area contributed by atoms with Crippen LogP contribution in [0, 0.1) is 0 Å². The SMILES string of the molecule is C[Si]c1ccc(C(C)C)c(C(C)C)c1. The number of benzene rings is 1. The maximum absolute atomic E-state index is 2.39. The molecule has 1 heteroatoms. The lowest BCUT2D eigenvalue weighted by atomic mass is 9.91. The van der Waals surface area contributed by atoms with Crippen molar-refractivity contribution in [3.8, 4) is 0 Å². The quantitative estimate of drug-likeness (QED) is 0.663. The van der Waals surface area contributed by atoms with Crippen molar-refractivity contribution < 1.29 is 0 Å². The largest absolute Gasteiger partial charge is 0.0773 e. The normalized spacial score (nSPS) is 11.4. The summed E-state index contributed by atoms with van der Waals surface area (Å²) in [6.07, 6.45) is 0. The van der Waals surface area contributed by atoms with E-state index < -0.39 is 0 Å². The third-order valence-electron chi connectivity index (χ3n) is 2.62. The fraction of sp³-hybridized carbons (Fsp3) is 0.538. The van der Waals surface area contributed by atoms with E-state index in [1.54, 1.807) is 0 Å². The van der Waals surface area contributed by atoms with Crippen LogP contribution < -0.4 is 5.19 Å². The van der Waals surface area contributed by atoms with Crippen molar-refractivity contribution in [3.05, 3.63) is 29.3 Å². The summed E-state index contributed by atoms with van der Waals surface area (Å²) in [5, 5.41) is 1.48. The molecule has 0 aliphatic carbocycles. The molecule has 0 saturated heterocycles. The van der Waals surface area contributed by atoms with Crippen molar-refractivity contribution in [2.75, 3.05) is 0 Å². The Labute approximate surface area is 90.6 Å². The van der Waals surface area contributed by atoms with E-state index in [4.69, 9.17) is 0 Å². The summed E-state index contributed by atoms with van der Waals surface area (Å²) in [6.45, 7) is 11.4. The molecule has 0 amide bonds. The second-order valence-electron chi connectivity index (χ2n) is 4.40. The van der Waals surface area contributed by atoms with E-state index in [0.717, 1.165) is 9.52 Å². The monoisotopic (exact) mass is 204 g/mol. The van der Waals surface area contributed by atoms with E-state index in [1.807, 2.05) is 0 Å². The van der Waals surface area contributed by atoms with E-state index in [2.05, 4.69) is 52.4 Å². The van der Waals surface area contributed by atoms with Crippen molar-refractivity contribution in [1.29, 1.82) is 0 Å². The molecule has 0 unspecified atom stereocenters. The Morgan fingerprint density at radius 3 is 1.93 bits per heavy atom. The summed E-state index contributed by atoms with van der Waals surface area (Å²) in [4.78, 5) is 0. The first kappa shape index (κ1) is 11.5. The Balaban J connectivity index is 3.17. The van der Waals surface area contributed by atoms with Gasteiger partial charge in [0.2, 0.25) is 0 Å². The van der Waals surface area contributed by atoms with Gasteiger partial charge in [-0.05, 0) is 23.0 Å². The standard InChI is InChI=1S/C13H20Si/c1-9(2)12-7-6-11(14-5)8-13(12)10(3)4/h6-10H,1-5H3. The second-order valence-corrected chi connectivity index (χ2v) is 5.48. The lowest BCUT2D eigenvalue weighted by Gasteiger charge is -2.16. The Hall–Kier alpha value is -0.563. The zero-order valence-corrected chi connectivity index (χ0v) is 10.9. The molecule has 0 heterocycles. The molecule has 0 N–H and O–H groups in total. The van der Waals surface area contributed by atoms with Crippen molar-refractivity contribution in [3.63, 3.8) is 0 Å². The van der Waals surface area contributed by atoms with Gasteiger partial charge in [-0.1, -0.05) is 57.6 Å². The molecular weight excluding hydrogens is 184 g/mol. The highest BCUT2D eigenvalue weighted by atomic mass is 28.2. The molecule has 14 heavy (non-hydrogen) atoms. The smallest absolute Gasteiger partial charge is 0.0688 e. The molecule has 0 atom stereocenters. The van der Waals surface area contributed by atoms with Crippen LogP contribution in [0.1, 0.15) is 50.7 Å². The molecule has 0 aliphatic rings. The maximum Gasteiger partial charge on any atom is 0.0773 e. The zero-order chi connectivity index (χ0) is 10.7. The van der Waals surface area contributed by atoms with Crippen molar-refractivity contribution >= 4 is 14.7 Å². The molecule has 0 spiro atoms. The third kappa shape index (κ3) is 2.47. The Bertz CT molecular complexity index is 300. The minimum Gasteiger partial charge on any atom is -0.0688 e. The van der Waals surface area contributed by atoms with Gasteiger partial charge in [0.25, 0.3) is 0 Å². The lowest BCUT2D eigenvalue weighted by molar-refractivity contribution is 0.791. The molecule has 1 rings (SSSR count). The minimum atomic E-state index is 0.640. The Morgan fingerprint density at radius 1 is 0.929 bits per heavy atom. The van der Waals surface area contributed by atoms with Gasteiger partial charge in [0.05, 0.1) is 9.52 Å². The molecule has 1 aromatic rings. The Kier molecular flexibility index (Phi) is 3.94. The minimum absolute atomic E-state index is 0.640. The second kappa shape index (κ2) is 4.79. The van der Waals surface area contributed by atoms with Gasteiger partial charge in [0.1, 0.15) is 0 Å². The highest BCUT2D eigenvalue weighted by molar-refractivity contribution is 6.51. The average molecular weight is 204 g/mol. The molecule has 0 nitrogen and oxygen atoms in total. The van der Waals surface area contributed by atoms with Crippen molar-refractivity contribution in [1.82, 2.24) is 0 Å². The predicted molar refractivity (Wildman–Crippen MR) is 65.9 cm³/mol. The highest BCUT2D eigenvalue weighted by Crippen LogP contribution is 2.24. The first-order valence-corrected chi connectivity index (χ1v) is 6.87. The summed E-state index contributed by atoms with van der Waals surface area (Å²) in [5.41, 5.74) is 3.05. The third-order valence-corrected chi connectivity index (χ3v) is 3.51. The summed E-state index contributed by atoms with van der Waals surface area (Å²) < 4.78 is 0. The molecule has 0 bridgehead atoms. The maximum atomic E-state index is 2.39. The van der Waals surface area contributed by atoms with Crippen molar-refractivity contribution in [2.45, 2.75) is 46.1 Å². The average Bonchev–Trinajstić information content (AvgIpc) is 2.16. The summed E-state index contributed by atoms with van der Waals surface area (Å²) >= 11 is 0. The van der Waals surface area contributed by atoms with Gasteiger partial charge in [-0.15, -0.1) is 0 Å². The van der Waals surface area contributed by atoms with Gasteiger partial charge in [0.15, 0.2) is 0 Å². The predicted octanol–water partition coefficient (Wildman–Crippen LogP) is 3.31. The van der Waals surface area contributed by atoms with Crippen LogP contribution in [0.15, 0.2) is 18.2 Å². The van der Waals surface area contributed by atoms with Crippen molar-refractivity contribution in [2.24, 2.45) is 0 Å². The molecule has 1 aromatic carbocycles. The highest BCUT2D eigenvalue weighted by Gasteiger charge is 2.09. The fourth-order valence-corrected chi connectivity index (χ4v) is 2.31. The van der Waals surface area contributed by atoms with E-state index in [-0.39, 0.29) is 0 Å². The van der Waals surface area contributed by atoms with E-state index >= 15 is 0 Å². The van der Waals surface area contributed by atoms with Crippen LogP contribution in [-0.4, -0.2) is 9.52 Å². The Morgan fingerprint density at radius 2 is 1.50 bits per heavy atom. The van der Waals surface area contributed by atoms with E-state index in [0.29, 0.717) is 11.8 Å². The first-order chi connectivity index (χ1) is 6.56. The van der Waals surface area contributed by atoms with Crippen LogP contribution in [-0.2, 0) is 0 Å². The van der Waals surface area contributed by atoms with Gasteiger partial charge < -0.3 is 0 Å². The van der Waals surface area contributed by atoms with Gasteiger partial charge >= 0.3 is 0 Å². The van der Waals surface area contributed by atoms with Gasteiger partial charge in [-0.3, -0.25) is 0 Å². The lowest BCUT2D eigenvalue weighted by Crippen LogP contribution is -2.13. The number of rotatable bonds is 3. The van der Waals surface area contributed by atoms with E-state index in [1.165, 1.54) is 16.3 Å². The molecule has 0 aliphatic heterocycles. The van der Waals surface area contributed by atoms with Crippen LogP contribution in [0.3, 0.4) is 0 Å². The van der Waals surface area contributed by atoms with Crippen LogP contribution in [0.5, 0.6) is 0 Å². The summed E-state index contributed by atoms with van der Waals surface area (Å²) in [5.74, 6) is 1.28. The summed E-state index contributed by atoms with van der Waals surface area (Å²) in [6, 6.07) is 6.98. The van der Waals surface area contributed by atoms with Crippen LogP contribution in [0.4, 0.5) is 0 Å². The summed E-state index contributed by atoms with van der Waals surface area (Å²) in [7, 11) is 0.909. The molecule has 2 radical (unpaired) electrons. The molecule has 76 valence electrons. The van der Waals surface area contributed by atoms with Gasteiger partial charge in [-0.2, -0.15) is 0 Å². The number of hydrogen-bond acceptors (Lipinski definition) is 0. The molecular formula is C13H20Si. The van der Waals surface area contributed by atoms with Crippen LogP contribution in [0.2, 0.25) is 6.55 Å². The molecule has 0 saturated carbocycles. The molecule has 0 aromatic heterocycles. The fourth-order valence-electron chi connectivity index (χ4n) is 1.76. The van der Waals surface area contributed by atoms with Crippen LogP contribution in [0.25, 0.3) is 0 Å². The number of hydrogen-bond donors (Lipinski definition) is 0. The zero-order valence-electron chi connectivity index (χ0n) is 9.89. The van der Waals surface area contributed by atoms with Gasteiger partial charge in [0, 0.05) is 0 Å². The van der Waals surface area contributed by atoms with Gasteiger partial charge in [-0.25, -0.2) is 0 Å².